The summed E-state index contributed by atoms with van der Waals surface area (Å²) in [7, 11) is -3.83. The van der Waals surface area contributed by atoms with Crippen molar-refractivity contribution in [3.05, 3.63) is 53.1 Å². The van der Waals surface area contributed by atoms with Crippen LogP contribution in [0.1, 0.15) is 36.0 Å². The van der Waals surface area contributed by atoms with Gasteiger partial charge in [0.25, 0.3) is 0 Å². The molecule has 0 aromatic heterocycles. The van der Waals surface area contributed by atoms with E-state index in [-0.39, 0.29) is 16.7 Å². The lowest BCUT2D eigenvalue weighted by Gasteiger charge is -2.25. The number of anilines is 2. The first-order valence-electron chi connectivity index (χ1n) is 10.1. The van der Waals surface area contributed by atoms with E-state index >= 15 is 0 Å². The summed E-state index contributed by atoms with van der Waals surface area (Å²) in [4.78, 5) is 24.6. The Morgan fingerprint density at radius 3 is 2.70 bits per heavy atom. The lowest BCUT2D eigenvalue weighted by atomic mass is 10.0. The smallest absolute Gasteiger partial charge is 0.243 e. The Balaban J connectivity index is 1.57. The van der Waals surface area contributed by atoms with Crippen LogP contribution in [-0.4, -0.2) is 37.1 Å². The van der Waals surface area contributed by atoms with Crippen molar-refractivity contribution in [1.29, 1.82) is 0 Å². The van der Waals surface area contributed by atoms with Crippen LogP contribution in [0, 0.1) is 13.8 Å². The van der Waals surface area contributed by atoms with E-state index in [1.807, 2.05) is 32.0 Å². The van der Waals surface area contributed by atoms with Crippen molar-refractivity contribution in [2.75, 3.05) is 17.2 Å². The molecule has 0 saturated carbocycles. The molecule has 2 N–H and O–H groups in total. The highest BCUT2D eigenvalue weighted by molar-refractivity contribution is 7.89. The molecule has 2 amide bonds. The summed E-state index contributed by atoms with van der Waals surface area (Å²) < 4.78 is 27.9. The second kappa shape index (κ2) is 7.85. The zero-order chi connectivity index (χ0) is 21.5. The summed E-state index contributed by atoms with van der Waals surface area (Å²) in [6.45, 7) is 4.20. The van der Waals surface area contributed by atoms with Gasteiger partial charge in [-0.05, 0) is 68.5 Å². The Hall–Kier alpha value is -2.71. The number of rotatable bonds is 4. The topological polar surface area (TPSA) is 95.6 Å². The van der Waals surface area contributed by atoms with E-state index in [1.54, 1.807) is 12.1 Å². The van der Waals surface area contributed by atoms with Gasteiger partial charge in [0.1, 0.15) is 6.04 Å². The first kappa shape index (κ1) is 20.6. The van der Waals surface area contributed by atoms with Gasteiger partial charge in [-0.3, -0.25) is 9.59 Å². The normalized spacial score (nSPS) is 19.3. The molecule has 0 bridgehead atoms. The summed E-state index contributed by atoms with van der Waals surface area (Å²) in [5, 5.41) is 5.66. The summed E-state index contributed by atoms with van der Waals surface area (Å²) in [6.07, 6.45) is 1.95. The zero-order valence-electron chi connectivity index (χ0n) is 17.1. The summed E-state index contributed by atoms with van der Waals surface area (Å²) in [5.41, 5.74) is 4.17. The summed E-state index contributed by atoms with van der Waals surface area (Å²) >= 11 is 0. The lowest BCUT2D eigenvalue weighted by molar-refractivity contribution is -0.119. The second-order valence-electron chi connectivity index (χ2n) is 7.95. The molecular formula is C22H25N3O4S. The first-order valence-corrected chi connectivity index (χ1v) is 11.5. The van der Waals surface area contributed by atoms with Crippen molar-refractivity contribution in [3.63, 3.8) is 0 Å². The molecule has 2 aromatic carbocycles. The number of benzene rings is 2. The van der Waals surface area contributed by atoms with Gasteiger partial charge >= 0.3 is 0 Å². The fourth-order valence-electron chi connectivity index (χ4n) is 4.12. The molecule has 2 aliphatic heterocycles. The van der Waals surface area contributed by atoms with Crippen LogP contribution in [0.15, 0.2) is 41.3 Å². The third-order valence-electron chi connectivity index (χ3n) is 5.72. The molecule has 2 aliphatic rings. The van der Waals surface area contributed by atoms with Crippen molar-refractivity contribution in [1.82, 2.24) is 4.31 Å². The molecule has 158 valence electrons. The van der Waals surface area contributed by atoms with Gasteiger partial charge in [0.15, 0.2) is 0 Å². The van der Waals surface area contributed by atoms with E-state index in [1.165, 1.54) is 10.4 Å². The lowest BCUT2D eigenvalue weighted by Crippen LogP contribution is -2.43. The number of amides is 2. The molecule has 2 heterocycles. The van der Waals surface area contributed by atoms with Gasteiger partial charge in [0.05, 0.1) is 4.90 Å². The quantitative estimate of drug-likeness (QED) is 0.784. The van der Waals surface area contributed by atoms with Crippen LogP contribution < -0.4 is 10.6 Å². The number of nitrogens with zero attached hydrogens (tertiary/aromatic N) is 1. The third-order valence-corrected chi connectivity index (χ3v) is 7.63. The Morgan fingerprint density at radius 1 is 1.13 bits per heavy atom. The van der Waals surface area contributed by atoms with Crippen molar-refractivity contribution in [2.45, 2.75) is 50.5 Å². The molecule has 1 fully saturated rings. The number of nitrogens with one attached hydrogen (secondary N) is 2. The molecule has 1 saturated heterocycles. The fourth-order valence-corrected chi connectivity index (χ4v) is 5.82. The number of hydrogen-bond donors (Lipinski definition) is 2. The molecule has 0 spiro atoms. The van der Waals surface area contributed by atoms with Crippen molar-refractivity contribution < 1.29 is 18.0 Å². The maximum Gasteiger partial charge on any atom is 0.243 e. The van der Waals surface area contributed by atoms with Crippen LogP contribution in [-0.2, 0) is 26.0 Å². The molecule has 0 aliphatic carbocycles. The largest absolute Gasteiger partial charge is 0.326 e. The molecule has 30 heavy (non-hydrogen) atoms. The molecule has 2 aromatic rings. The maximum atomic E-state index is 13.3. The summed E-state index contributed by atoms with van der Waals surface area (Å²) in [5.74, 6) is -0.381. The summed E-state index contributed by atoms with van der Waals surface area (Å²) in [6, 6.07) is 9.72. The minimum Gasteiger partial charge on any atom is -0.326 e. The minimum atomic E-state index is -3.83. The molecule has 4 rings (SSSR count). The van der Waals surface area contributed by atoms with Gasteiger partial charge in [-0.25, -0.2) is 8.42 Å². The van der Waals surface area contributed by atoms with Crippen LogP contribution in [0.2, 0.25) is 0 Å². The van der Waals surface area contributed by atoms with E-state index in [0.29, 0.717) is 43.6 Å². The van der Waals surface area contributed by atoms with Crippen LogP contribution in [0.4, 0.5) is 11.4 Å². The van der Waals surface area contributed by atoms with E-state index in [0.717, 1.165) is 16.7 Å². The SMILES string of the molecule is Cc1ccc(NC(=O)C2CCCN2S(=O)(=O)c2ccc3c(c2)CCC(=O)N3)c(C)c1. The van der Waals surface area contributed by atoms with Gasteiger partial charge in [-0.15, -0.1) is 0 Å². The first-order chi connectivity index (χ1) is 14.3. The van der Waals surface area contributed by atoms with Gasteiger partial charge in [0, 0.05) is 24.3 Å². The monoisotopic (exact) mass is 427 g/mol. The van der Waals surface area contributed by atoms with Crippen LogP contribution in [0.5, 0.6) is 0 Å². The third kappa shape index (κ3) is 3.85. The Morgan fingerprint density at radius 2 is 1.93 bits per heavy atom. The maximum absolute atomic E-state index is 13.3. The number of carbonyl (C=O) groups excluding carboxylic acids is 2. The minimum absolute atomic E-state index is 0.0687. The Bertz CT molecular complexity index is 1130. The molecule has 7 nitrogen and oxygen atoms in total. The van der Waals surface area contributed by atoms with Crippen LogP contribution in [0.25, 0.3) is 0 Å². The van der Waals surface area contributed by atoms with Crippen molar-refractivity contribution in [3.8, 4) is 0 Å². The highest BCUT2D eigenvalue weighted by atomic mass is 32.2. The predicted molar refractivity (Wildman–Crippen MR) is 115 cm³/mol. The fraction of sp³-hybridized carbons (Fsp3) is 0.364. The predicted octanol–water partition coefficient (Wildman–Crippen LogP) is 2.98. The van der Waals surface area contributed by atoms with E-state index < -0.39 is 16.1 Å². The van der Waals surface area contributed by atoms with E-state index in [9.17, 15) is 18.0 Å². The van der Waals surface area contributed by atoms with Gasteiger partial charge < -0.3 is 10.6 Å². The number of hydrogen-bond acceptors (Lipinski definition) is 4. The number of carbonyl (C=O) groups is 2. The Labute approximate surface area is 176 Å². The molecule has 0 radical (unpaired) electrons. The van der Waals surface area contributed by atoms with E-state index in [4.69, 9.17) is 0 Å². The number of aryl methyl sites for hydroxylation is 3. The molecule has 1 unspecified atom stereocenters. The van der Waals surface area contributed by atoms with Gasteiger partial charge in [-0.1, -0.05) is 17.7 Å². The average Bonchev–Trinajstić information content (AvgIpc) is 3.20. The average molecular weight is 428 g/mol. The standard InChI is InChI=1S/C22H25N3O4S/c1-14-5-8-18(15(2)12-14)24-22(27)20-4-3-11-25(20)30(28,29)17-7-9-19-16(13-17)6-10-21(26)23-19/h5,7-9,12-13,20H,3-4,6,10-11H2,1-2H3,(H,23,26)(H,24,27). The van der Waals surface area contributed by atoms with Crippen LogP contribution in [0.3, 0.4) is 0 Å². The van der Waals surface area contributed by atoms with Crippen molar-refractivity contribution in [2.24, 2.45) is 0 Å². The van der Waals surface area contributed by atoms with E-state index in [2.05, 4.69) is 10.6 Å². The second-order valence-corrected chi connectivity index (χ2v) is 9.84. The molecular weight excluding hydrogens is 402 g/mol. The highest BCUT2D eigenvalue weighted by Crippen LogP contribution is 2.31. The molecule has 8 heteroatoms. The highest BCUT2D eigenvalue weighted by Gasteiger charge is 2.39. The number of fused-ring (bicyclic) bond motifs is 1. The van der Waals surface area contributed by atoms with Crippen LogP contribution >= 0.6 is 0 Å². The van der Waals surface area contributed by atoms with Crippen molar-refractivity contribution >= 4 is 33.2 Å². The molecule has 1 atom stereocenters. The van der Waals surface area contributed by atoms with Gasteiger partial charge in [0.2, 0.25) is 21.8 Å². The number of sulfonamides is 1. The Kier molecular flexibility index (Phi) is 5.38. The van der Waals surface area contributed by atoms with Gasteiger partial charge in [-0.2, -0.15) is 4.31 Å². The zero-order valence-corrected chi connectivity index (χ0v) is 17.9.